The summed E-state index contributed by atoms with van der Waals surface area (Å²) < 4.78 is 0.549. The maximum absolute atomic E-state index is 12.2. The molecule has 1 atom stereocenters. The molecule has 5 nitrogen and oxygen atoms in total. The largest absolute Gasteiger partial charge is 0.480 e. The Balaban J connectivity index is 2.16. The van der Waals surface area contributed by atoms with E-state index in [1.807, 2.05) is 0 Å². The summed E-state index contributed by atoms with van der Waals surface area (Å²) >= 11 is 9.20. The maximum Gasteiger partial charge on any atom is 0.326 e. The molecule has 0 fully saturated rings. The number of aliphatic carboxylic acids is 1. The third kappa shape index (κ3) is 4.05. The average molecular weight is 384 g/mol. The van der Waals surface area contributed by atoms with Crippen LogP contribution in [0.2, 0.25) is 5.02 Å². The van der Waals surface area contributed by atoms with Crippen LogP contribution in [0, 0.1) is 0 Å². The number of aromatic nitrogens is 1. The number of carboxylic acids is 1. The van der Waals surface area contributed by atoms with Crippen molar-refractivity contribution >= 4 is 39.4 Å². The van der Waals surface area contributed by atoms with Crippen LogP contribution in [0.15, 0.2) is 47.2 Å². The fourth-order valence-corrected chi connectivity index (χ4v) is 2.51. The summed E-state index contributed by atoms with van der Waals surface area (Å²) in [6.07, 6.45) is 1.70. The van der Waals surface area contributed by atoms with Gasteiger partial charge in [-0.1, -0.05) is 29.8 Å². The Bertz CT molecular complexity index is 709. The molecule has 0 aliphatic heterocycles. The lowest BCUT2D eigenvalue weighted by Gasteiger charge is -2.15. The van der Waals surface area contributed by atoms with Crippen LogP contribution in [0.4, 0.5) is 0 Å². The van der Waals surface area contributed by atoms with Gasteiger partial charge in [0, 0.05) is 12.6 Å². The minimum atomic E-state index is -1.13. The number of pyridine rings is 1. The molecule has 1 amide bonds. The predicted octanol–water partition coefficient (Wildman–Crippen LogP) is 2.92. The molecular weight excluding hydrogens is 372 g/mol. The fourth-order valence-electron chi connectivity index (χ4n) is 1.87. The summed E-state index contributed by atoms with van der Waals surface area (Å²) in [6.45, 7) is 0. The summed E-state index contributed by atoms with van der Waals surface area (Å²) in [5, 5.41) is 12.1. The first-order chi connectivity index (χ1) is 10.5. The number of nitrogens with zero attached hydrogens (tertiary/aromatic N) is 1. The number of benzene rings is 1. The molecule has 2 rings (SSSR count). The molecule has 1 heterocycles. The molecule has 7 heteroatoms. The Morgan fingerprint density at radius 1 is 1.27 bits per heavy atom. The van der Waals surface area contributed by atoms with Gasteiger partial charge in [0.15, 0.2) is 0 Å². The Kier molecular flexibility index (Phi) is 5.51. The van der Waals surface area contributed by atoms with E-state index in [9.17, 15) is 14.7 Å². The summed E-state index contributed by atoms with van der Waals surface area (Å²) in [5.41, 5.74) is 0.926. The van der Waals surface area contributed by atoms with Crippen molar-refractivity contribution in [3.63, 3.8) is 0 Å². The molecule has 0 saturated carbocycles. The quantitative estimate of drug-likeness (QED) is 0.778. The topological polar surface area (TPSA) is 79.3 Å². The van der Waals surface area contributed by atoms with E-state index < -0.39 is 17.9 Å². The van der Waals surface area contributed by atoms with Gasteiger partial charge in [-0.25, -0.2) is 9.78 Å². The van der Waals surface area contributed by atoms with Gasteiger partial charge in [-0.2, -0.15) is 0 Å². The number of nitrogens with one attached hydrogen (secondary N) is 1. The van der Waals surface area contributed by atoms with Gasteiger partial charge in [0.2, 0.25) is 0 Å². The van der Waals surface area contributed by atoms with Gasteiger partial charge in [0.05, 0.1) is 10.6 Å². The van der Waals surface area contributed by atoms with Crippen molar-refractivity contribution < 1.29 is 14.7 Å². The van der Waals surface area contributed by atoms with Gasteiger partial charge in [-0.3, -0.25) is 4.79 Å². The second kappa shape index (κ2) is 7.38. The van der Waals surface area contributed by atoms with Crippen molar-refractivity contribution in [2.45, 2.75) is 12.5 Å². The second-order valence-corrected chi connectivity index (χ2v) is 5.66. The van der Waals surface area contributed by atoms with Gasteiger partial charge in [-0.15, -0.1) is 0 Å². The molecule has 0 spiro atoms. The van der Waals surface area contributed by atoms with E-state index in [-0.39, 0.29) is 17.0 Å². The Morgan fingerprint density at radius 2 is 2.00 bits per heavy atom. The zero-order chi connectivity index (χ0) is 16.1. The van der Waals surface area contributed by atoms with E-state index >= 15 is 0 Å². The van der Waals surface area contributed by atoms with Gasteiger partial charge >= 0.3 is 5.97 Å². The SMILES string of the molecule is O=C(N[C@H](Cc1cccnc1Br)C(=O)O)c1ccccc1Cl. The van der Waals surface area contributed by atoms with Crippen LogP contribution < -0.4 is 5.32 Å². The van der Waals surface area contributed by atoms with E-state index in [1.54, 1.807) is 36.5 Å². The number of carbonyl (C=O) groups is 2. The lowest BCUT2D eigenvalue weighted by atomic mass is 10.1. The van der Waals surface area contributed by atoms with Gasteiger partial charge in [0.1, 0.15) is 10.6 Å². The molecule has 1 aromatic carbocycles. The average Bonchev–Trinajstić information content (AvgIpc) is 2.49. The van der Waals surface area contributed by atoms with E-state index in [2.05, 4.69) is 26.2 Å². The molecule has 1 aromatic heterocycles. The highest BCUT2D eigenvalue weighted by Gasteiger charge is 2.23. The van der Waals surface area contributed by atoms with E-state index in [0.717, 1.165) is 0 Å². The van der Waals surface area contributed by atoms with Crippen LogP contribution in [0.1, 0.15) is 15.9 Å². The van der Waals surface area contributed by atoms with E-state index in [4.69, 9.17) is 11.6 Å². The maximum atomic E-state index is 12.2. The lowest BCUT2D eigenvalue weighted by Crippen LogP contribution is -2.42. The molecule has 0 aliphatic rings. The van der Waals surface area contributed by atoms with Crippen molar-refractivity contribution in [3.8, 4) is 0 Å². The van der Waals surface area contributed by atoms with Crippen molar-refractivity contribution in [3.05, 3.63) is 63.3 Å². The zero-order valence-electron chi connectivity index (χ0n) is 11.3. The fraction of sp³-hybridized carbons (Fsp3) is 0.133. The number of carboxylic acid groups (broad SMARTS) is 1. The van der Waals surface area contributed by atoms with Crippen molar-refractivity contribution in [2.75, 3.05) is 0 Å². The van der Waals surface area contributed by atoms with Crippen molar-refractivity contribution in [1.29, 1.82) is 0 Å². The number of amides is 1. The predicted molar refractivity (Wildman–Crippen MR) is 86.0 cm³/mol. The smallest absolute Gasteiger partial charge is 0.326 e. The monoisotopic (exact) mass is 382 g/mol. The highest BCUT2D eigenvalue weighted by atomic mass is 79.9. The van der Waals surface area contributed by atoms with Gasteiger partial charge in [0.25, 0.3) is 5.91 Å². The Morgan fingerprint density at radius 3 is 2.64 bits per heavy atom. The first kappa shape index (κ1) is 16.5. The lowest BCUT2D eigenvalue weighted by molar-refractivity contribution is -0.139. The van der Waals surface area contributed by atoms with Crippen LogP contribution in [-0.2, 0) is 11.2 Å². The number of hydrogen-bond donors (Lipinski definition) is 2. The van der Waals surface area contributed by atoms with Crippen LogP contribution in [0.5, 0.6) is 0 Å². The summed E-state index contributed by atoms with van der Waals surface area (Å²) in [5.74, 6) is -1.66. The summed E-state index contributed by atoms with van der Waals surface area (Å²) in [6, 6.07) is 8.84. The molecule has 114 valence electrons. The number of hydrogen-bond acceptors (Lipinski definition) is 3. The van der Waals surface area contributed by atoms with Gasteiger partial charge < -0.3 is 10.4 Å². The van der Waals surface area contributed by atoms with E-state index in [1.165, 1.54) is 6.07 Å². The Hall–Kier alpha value is -1.92. The molecule has 22 heavy (non-hydrogen) atoms. The third-order valence-electron chi connectivity index (χ3n) is 2.98. The van der Waals surface area contributed by atoms with Crippen molar-refractivity contribution in [1.82, 2.24) is 10.3 Å². The molecule has 2 aromatic rings. The number of rotatable bonds is 5. The zero-order valence-corrected chi connectivity index (χ0v) is 13.6. The third-order valence-corrected chi connectivity index (χ3v) is 4.03. The molecule has 0 unspecified atom stereocenters. The van der Waals surface area contributed by atoms with Crippen LogP contribution >= 0.6 is 27.5 Å². The first-order valence-corrected chi connectivity index (χ1v) is 7.53. The summed E-state index contributed by atoms with van der Waals surface area (Å²) in [7, 11) is 0. The standard InChI is InChI=1S/C15H12BrClN2O3/c16-13-9(4-3-7-18-13)8-12(15(21)22)19-14(20)10-5-1-2-6-11(10)17/h1-7,12H,8H2,(H,19,20)(H,21,22)/t12-/m1/s1. The Labute approximate surface area is 140 Å². The van der Waals surface area contributed by atoms with Crippen LogP contribution in [0.3, 0.4) is 0 Å². The molecular formula is C15H12BrClN2O3. The molecule has 0 radical (unpaired) electrons. The minimum Gasteiger partial charge on any atom is -0.480 e. The first-order valence-electron chi connectivity index (χ1n) is 6.36. The minimum absolute atomic E-state index is 0.111. The van der Waals surface area contributed by atoms with Crippen molar-refractivity contribution in [2.24, 2.45) is 0 Å². The molecule has 0 bridgehead atoms. The molecule has 0 saturated heterocycles. The van der Waals surface area contributed by atoms with Gasteiger partial charge in [-0.05, 0) is 39.7 Å². The van der Waals surface area contributed by atoms with Crippen LogP contribution in [0.25, 0.3) is 0 Å². The van der Waals surface area contributed by atoms with Crippen LogP contribution in [-0.4, -0.2) is 28.0 Å². The molecule has 2 N–H and O–H groups in total. The normalized spacial score (nSPS) is 11.7. The highest BCUT2D eigenvalue weighted by Crippen LogP contribution is 2.17. The highest BCUT2D eigenvalue weighted by molar-refractivity contribution is 9.10. The van der Waals surface area contributed by atoms with E-state index in [0.29, 0.717) is 10.2 Å². The molecule has 0 aliphatic carbocycles. The second-order valence-electron chi connectivity index (χ2n) is 4.50. The number of halogens is 2. The summed E-state index contributed by atoms with van der Waals surface area (Å²) in [4.78, 5) is 27.6. The number of carbonyl (C=O) groups excluding carboxylic acids is 1.